The van der Waals surface area contributed by atoms with Crippen molar-refractivity contribution in [3.8, 4) is 11.5 Å². The molecule has 0 fully saturated rings. The Kier molecular flexibility index (Phi) is 4.20. The van der Waals surface area contributed by atoms with Gasteiger partial charge in [-0.25, -0.2) is 4.79 Å². The van der Waals surface area contributed by atoms with E-state index in [4.69, 9.17) is 4.74 Å². The van der Waals surface area contributed by atoms with Gasteiger partial charge in [0.25, 0.3) is 0 Å². The molecule has 0 spiro atoms. The molecule has 3 heteroatoms. The Morgan fingerprint density at radius 3 is 2.50 bits per heavy atom. The topological polar surface area (TPSA) is 46.5 Å². The first-order chi connectivity index (χ1) is 9.58. The van der Waals surface area contributed by atoms with E-state index < -0.39 is 5.97 Å². The fraction of sp³-hybridized carbons (Fsp3) is 0.118. The van der Waals surface area contributed by atoms with Crippen LogP contribution in [0.3, 0.4) is 0 Å². The van der Waals surface area contributed by atoms with Crippen LogP contribution in [-0.2, 0) is 6.42 Å². The second-order valence-electron chi connectivity index (χ2n) is 4.65. The molecular weight excluding hydrogens is 252 g/mol. The van der Waals surface area contributed by atoms with Crippen molar-refractivity contribution >= 4 is 5.97 Å². The van der Waals surface area contributed by atoms with Crippen LogP contribution in [0, 0.1) is 0 Å². The molecule has 0 saturated heterocycles. The van der Waals surface area contributed by atoms with Gasteiger partial charge in [0.15, 0.2) is 0 Å². The van der Waals surface area contributed by atoms with Crippen LogP contribution in [0.2, 0.25) is 0 Å². The third-order valence-corrected chi connectivity index (χ3v) is 2.79. The maximum Gasteiger partial charge on any atom is 0.347 e. The largest absolute Gasteiger partial charge is 0.507 e. The minimum absolute atomic E-state index is 0.0881. The summed E-state index contributed by atoms with van der Waals surface area (Å²) in [7, 11) is 0. The normalized spacial score (nSPS) is 10.1. The number of hydrogen-bond acceptors (Lipinski definition) is 3. The maximum absolute atomic E-state index is 12.1. The van der Waals surface area contributed by atoms with E-state index in [2.05, 4.69) is 6.58 Å². The zero-order valence-electron chi connectivity index (χ0n) is 11.3. The predicted octanol–water partition coefficient (Wildman–Crippen LogP) is 3.73. The van der Waals surface area contributed by atoms with Gasteiger partial charge in [-0.15, -0.1) is 0 Å². The molecule has 0 aliphatic rings. The molecule has 0 aromatic heterocycles. The average Bonchev–Trinajstić information content (AvgIpc) is 2.41. The van der Waals surface area contributed by atoms with Gasteiger partial charge in [0.1, 0.15) is 17.1 Å². The Hall–Kier alpha value is -2.55. The summed E-state index contributed by atoms with van der Waals surface area (Å²) >= 11 is 0. The fourth-order valence-electron chi connectivity index (χ4n) is 1.88. The number of phenols is 1. The van der Waals surface area contributed by atoms with Crippen LogP contribution < -0.4 is 4.74 Å². The number of carbonyl (C=O) groups excluding carboxylic acids is 1. The van der Waals surface area contributed by atoms with Gasteiger partial charge in [-0.1, -0.05) is 42.5 Å². The third kappa shape index (κ3) is 3.26. The van der Waals surface area contributed by atoms with Crippen molar-refractivity contribution in [2.45, 2.75) is 13.3 Å². The first-order valence-corrected chi connectivity index (χ1v) is 6.30. The summed E-state index contributed by atoms with van der Waals surface area (Å²) < 4.78 is 5.37. The highest BCUT2D eigenvalue weighted by Crippen LogP contribution is 2.24. The zero-order valence-corrected chi connectivity index (χ0v) is 11.3. The van der Waals surface area contributed by atoms with Crippen LogP contribution in [0.1, 0.15) is 22.8 Å². The second-order valence-corrected chi connectivity index (χ2v) is 4.65. The monoisotopic (exact) mass is 268 g/mol. The average molecular weight is 268 g/mol. The molecule has 0 heterocycles. The van der Waals surface area contributed by atoms with E-state index in [-0.39, 0.29) is 11.3 Å². The van der Waals surface area contributed by atoms with Crippen LogP contribution in [0.15, 0.2) is 60.7 Å². The number of esters is 1. The maximum atomic E-state index is 12.1. The van der Waals surface area contributed by atoms with Crippen molar-refractivity contribution in [2.75, 3.05) is 0 Å². The highest BCUT2D eigenvalue weighted by atomic mass is 16.5. The van der Waals surface area contributed by atoms with Gasteiger partial charge < -0.3 is 9.84 Å². The number of rotatable bonds is 4. The number of aromatic hydroxyl groups is 1. The van der Waals surface area contributed by atoms with Gasteiger partial charge in [0.05, 0.1) is 0 Å². The van der Waals surface area contributed by atoms with Crippen molar-refractivity contribution in [3.05, 3.63) is 71.8 Å². The molecule has 2 aromatic rings. The molecule has 0 saturated carbocycles. The van der Waals surface area contributed by atoms with Crippen LogP contribution in [0.25, 0.3) is 0 Å². The molecule has 3 nitrogen and oxygen atoms in total. The molecule has 2 aromatic carbocycles. The fourth-order valence-corrected chi connectivity index (χ4v) is 1.88. The summed E-state index contributed by atoms with van der Waals surface area (Å²) in [6, 6.07) is 13.6. The molecule has 0 bridgehead atoms. The Morgan fingerprint density at radius 2 is 1.80 bits per heavy atom. The van der Waals surface area contributed by atoms with Gasteiger partial charge >= 0.3 is 5.97 Å². The zero-order chi connectivity index (χ0) is 14.5. The summed E-state index contributed by atoms with van der Waals surface area (Å²) in [5.41, 5.74) is 2.03. The van der Waals surface area contributed by atoms with Crippen molar-refractivity contribution < 1.29 is 14.6 Å². The number of carbonyl (C=O) groups is 1. The third-order valence-electron chi connectivity index (χ3n) is 2.79. The van der Waals surface area contributed by atoms with Crippen molar-refractivity contribution in [2.24, 2.45) is 0 Å². The van der Waals surface area contributed by atoms with Crippen LogP contribution >= 0.6 is 0 Å². The molecule has 0 amide bonds. The van der Waals surface area contributed by atoms with E-state index in [0.717, 1.165) is 11.1 Å². The highest BCUT2D eigenvalue weighted by molar-refractivity contribution is 5.93. The van der Waals surface area contributed by atoms with E-state index in [1.807, 2.05) is 19.1 Å². The molecule has 0 aliphatic heterocycles. The molecule has 0 radical (unpaired) electrons. The summed E-state index contributed by atoms with van der Waals surface area (Å²) in [4.78, 5) is 12.1. The summed E-state index contributed by atoms with van der Waals surface area (Å²) in [6.07, 6.45) is 0.643. The van der Waals surface area contributed by atoms with Gasteiger partial charge in [0, 0.05) is 0 Å². The number of allylic oxidation sites excluding steroid dienone is 1. The van der Waals surface area contributed by atoms with Crippen molar-refractivity contribution in [3.63, 3.8) is 0 Å². The molecule has 2 rings (SSSR count). The Balaban J connectivity index is 2.24. The van der Waals surface area contributed by atoms with Crippen molar-refractivity contribution in [1.29, 1.82) is 0 Å². The molecule has 0 unspecified atom stereocenters. The van der Waals surface area contributed by atoms with E-state index in [9.17, 15) is 9.90 Å². The van der Waals surface area contributed by atoms with Gasteiger partial charge in [-0.3, -0.25) is 0 Å². The Labute approximate surface area is 118 Å². The lowest BCUT2D eigenvalue weighted by atomic mass is 10.1. The van der Waals surface area contributed by atoms with Crippen molar-refractivity contribution in [1.82, 2.24) is 0 Å². The summed E-state index contributed by atoms with van der Waals surface area (Å²) in [5.74, 6) is -0.170. The first kappa shape index (κ1) is 13.9. The number of para-hydroxylation sites is 2. The van der Waals surface area contributed by atoms with Crippen LogP contribution in [0.5, 0.6) is 11.5 Å². The van der Waals surface area contributed by atoms with E-state index >= 15 is 0 Å². The summed E-state index contributed by atoms with van der Waals surface area (Å²) in [6.45, 7) is 5.78. The summed E-state index contributed by atoms with van der Waals surface area (Å²) in [5, 5.41) is 9.66. The standard InChI is InChI=1S/C17H16O3/c1-12(2)11-13-7-3-6-10-16(13)20-17(19)14-8-4-5-9-15(14)18/h3-10,18H,1,11H2,2H3. The molecule has 0 atom stereocenters. The molecule has 1 N–H and O–H groups in total. The molecule has 102 valence electrons. The lowest BCUT2D eigenvalue weighted by Crippen LogP contribution is -2.10. The van der Waals surface area contributed by atoms with Crippen LogP contribution in [0.4, 0.5) is 0 Å². The Morgan fingerprint density at radius 1 is 1.15 bits per heavy atom. The van der Waals surface area contributed by atoms with E-state index in [0.29, 0.717) is 12.2 Å². The first-order valence-electron chi connectivity index (χ1n) is 6.30. The van der Waals surface area contributed by atoms with Gasteiger partial charge in [-0.05, 0) is 37.1 Å². The SMILES string of the molecule is C=C(C)Cc1ccccc1OC(=O)c1ccccc1O. The number of ether oxygens (including phenoxy) is 1. The molecule has 20 heavy (non-hydrogen) atoms. The highest BCUT2D eigenvalue weighted by Gasteiger charge is 2.14. The lowest BCUT2D eigenvalue weighted by molar-refractivity contribution is 0.0730. The predicted molar refractivity (Wildman–Crippen MR) is 78.0 cm³/mol. The number of benzene rings is 2. The second kappa shape index (κ2) is 6.06. The van der Waals surface area contributed by atoms with E-state index in [1.54, 1.807) is 24.3 Å². The molecule has 0 aliphatic carbocycles. The van der Waals surface area contributed by atoms with Gasteiger partial charge in [-0.2, -0.15) is 0 Å². The van der Waals surface area contributed by atoms with Crippen LogP contribution in [-0.4, -0.2) is 11.1 Å². The minimum Gasteiger partial charge on any atom is -0.507 e. The quantitative estimate of drug-likeness (QED) is 0.522. The minimum atomic E-state index is -0.572. The van der Waals surface area contributed by atoms with Gasteiger partial charge in [0.2, 0.25) is 0 Å². The van der Waals surface area contributed by atoms with E-state index in [1.165, 1.54) is 12.1 Å². The Bertz CT molecular complexity index is 644. The number of hydrogen-bond donors (Lipinski definition) is 1. The number of phenolic OH excluding ortho intramolecular Hbond substituents is 1. The lowest BCUT2D eigenvalue weighted by Gasteiger charge is -2.10. The smallest absolute Gasteiger partial charge is 0.347 e. The molecular formula is C17H16O3.